The predicted molar refractivity (Wildman–Crippen MR) is 80.7 cm³/mol. The summed E-state index contributed by atoms with van der Waals surface area (Å²) in [6.45, 7) is 2.31. The maximum Gasteiger partial charge on any atom is 0.310 e. The van der Waals surface area contributed by atoms with Crippen LogP contribution in [0.2, 0.25) is 0 Å². The summed E-state index contributed by atoms with van der Waals surface area (Å²) in [6.07, 6.45) is 4.09. The minimum atomic E-state index is -0.523. The van der Waals surface area contributed by atoms with Gasteiger partial charge in [0.2, 0.25) is 0 Å². The van der Waals surface area contributed by atoms with Gasteiger partial charge < -0.3 is 4.74 Å². The third kappa shape index (κ3) is 4.28. The van der Waals surface area contributed by atoms with E-state index in [4.69, 9.17) is 4.74 Å². The molecular weight excluding hydrogens is 282 g/mol. The van der Waals surface area contributed by atoms with Crippen LogP contribution < -0.4 is 5.32 Å². The smallest absolute Gasteiger partial charge is 0.310 e. The van der Waals surface area contributed by atoms with Crippen LogP contribution in [-0.4, -0.2) is 17.8 Å². The number of esters is 1. The van der Waals surface area contributed by atoms with Gasteiger partial charge in [-0.25, -0.2) is 0 Å². The Kier molecular flexibility index (Phi) is 5.47. The summed E-state index contributed by atoms with van der Waals surface area (Å²) in [6, 6.07) is 7.84. The quantitative estimate of drug-likeness (QED) is 0.618. The zero-order valence-electron chi connectivity index (χ0n) is 12.6. The van der Waals surface area contributed by atoms with Gasteiger partial charge in [-0.3, -0.25) is 19.7 Å². The molecule has 0 bridgehead atoms. The Bertz CT molecular complexity index is 619. The molecule has 5 nitrogen and oxygen atoms in total. The third-order valence-corrected chi connectivity index (χ3v) is 3.48. The largest absolute Gasteiger partial charge is 0.461 e. The molecule has 0 saturated heterocycles. The number of hydrogen-bond donors (Lipinski definition) is 1. The van der Waals surface area contributed by atoms with Crippen LogP contribution in [-0.2, 0) is 32.1 Å². The van der Waals surface area contributed by atoms with E-state index in [1.54, 1.807) is 0 Å². The van der Waals surface area contributed by atoms with Crippen LogP contribution in [0.4, 0.5) is 0 Å². The van der Waals surface area contributed by atoms with E-state index in [-0.39, 0.29) is 18.6 Å². The molecule has 0 unspecified atom stereocenters. The summed E-state index contributed by atoms with van der Waals surface area (Å²) in [5, 5.41) is 2.10. The van der Waals surface area contributed by atoms with Crippen molar-refractivity contribution in [3.05, 3.63) is 47.0 Å². The molecule has 1 aromatic carbocycles. The highest BCUT2D eigenvalue weighted by Crippen LogP contribution is 2.15. The Hall–Kier alpha value is -2.43. The first-order valence-electron chi connectivity index (χ1n) is 7.38. The van der Waals surface area contributed by atoms with E-state index < -0.39 is 17.8 Å². The summed E-state index contributed by atoms with van der Waals surface area (Å²) in [5.41, 5.74) is 2.30. The highest BCUT2D eigenvalue weighted by molar-refractivity contribution is 6.17. The highest BCUT2D eigenvalue weighted by Gasteiger charge is 2.23. The molecule has 2 rings (SSSR count). The van der Waals surface area contributed by atoms with Gasteiger partial charge in [0.15, 0.2) is 0 Å². The van der Waals surface area contributed by atoms with Crippen LogP contribution in [0, 0.1) is 0 Å². The van der Waals surface area contributed by atoms with Crippen molar-refractivity contribution in [1.29, 1.82) is 0 Å². The number of hydrogen-bond acceptors (Lipinski definition) is 4. The van der Waals surface area contributed by atoms with Gasteiger partial charge in [-0.15, -0.1) is 0 Å². The molecule has 1 aliphatic rings. The molecule has 0 aliphatic carbocycles. The molecule has 5 heteroatoms. The monoisotopic (exact) mass is 301 g/mol. The number of imide groups is 1. The molecule has 0 spiro atoms. The number of rotatable bonds is 7. The van der Waals surface area contributed by atoms with Gasteiger partial charge in [-0.05, 0) is 24.0 Å². The van der Waals surface area contributed by atoms with Gasteiger partial charge in [0.05, 0.1) is 6.42 Å². The van der Waals surface area contributed by atoms with E-state index in [0.29, 0.717) is 0 Å². The SMILES string of the molecule is CCCCc1ccccc1COC(=O)CC1=CC(=O)NC1=O. The maximum atomic E-state index is 11.8. The van der Waals surface area contributed by atoms with Gasteiger partial charge in [-0.2, -0.15) is 0 Å². The zero-order valence-corrected chi connectivity index (χ0v) is 12.6. The van der Waals surface area contributed by atoms with Crippen LogP contribution in [0.1, 0.15) is 37.3 Å². The minimum Gasteiger partial charge on any atom is -0.461 e. The van der Waals surface area contributed by atoms with Crippen molar-refractivity contribution < 1.29 is 19.1 Å². The van der Waals surface area contributed by atoms with Crippen LogP contribution in [0.5, 0.6) is 0 Å². The van der Waals surface area contributed by atoms with Crippen LogP contribution >= 0.6 is 0 Å². The van der Waals surface area contributed by atoms with Crippen molar-refractivity contribution in [2.45, 2.75) is 39.2 Å². The number of unbranched alkanes of at least 4 members (excludes halogenated alkanes) is 1. The predicted octanol–water partition coefficient (Wildman–Crippen LogP) is 2.05. The average Bonchev–Trinajstić information content (AvgIpc) is 2.81. The molecule has 0 saturated carbocycles. The summed E-state index contributed by atoms with van der Waals surface area (Å²) < 4.78 is 5.22. The lowest BCUT2D eigenvalue weighted by Gasteiger charge is -2.10. The van der Waals surface area contributed by atoms with Crippen LogP contribution in [0.25, 0.3) is 0 Å². The van der Waals surface area contributed by atoms with Crippen LogP contribution in [0.15, 0.2) is 35.9 Å². The second-order valence-electron chi connectivity index (χ2n) is 5.20. The molecule has 0 aromatic heterocycles. The van der Waals surface area contributed by atoms with E-state index >= 15 is 0 Å². The fraction of sp³-hybridized carbons (Fsp3) is 0.353. The fourth-order valence-corrected chi connectivity index (χ4v) is 2.26. The summed E-state index contributed by atoms with van der Waals surface area (Å²) in [4.78, 5) is 34.2. The van der Waals surface area contributed by atoms with Gasteiger partial charge in [-0.1, -0.05) is 37.6 Å². The van der Waals surface area contributed by atoms with Crippen LogP contribution in [0.3, 0.4) is 0 Å². The molecular formula is C17H19NO4. The number of carbonyl (C=O) groups is 3. The van der Waals surface area contributed by atoms with Crippen molar-refractivity contribution >= 4 is 17.8 Å². The van der Waals surface area contributed by atoms with Crippen molar-refractivity contribution in [1.82, 2.24) is 5.32 Å². The lowest BCUT2D eigenvalue weighted by Crippen LogP contribution is -2.23. The lowest BCUT2D eigenvalue weighted by atomic mass is 10.0. The Labute approximate surface area is 129 Å². The Morgan fingerprint density at radius 3 is 2.55 bits per heavy atom. The van der Waals surface area contributed by atoms with Gasteiger partial charge in [0.1, 0.15) is 6.61 Å². The molecule has 0 atom stereocenters. The Morgan fingerprint density at radius 2 is 1.91 bits per heavy atom. The van der Waals surface area contributed by atoms with Gasteiger partial charge in [0, 0.05) is 11.6 Å². The molecule has 1 aliphatic heterocycles. The number of amides is 2. The number of benzene rings is 1. The molecule has 0 radical (unpaired) electrons. The molecule has 116 valence electrons. The van der Waals surface area contributed by atoms with Crippen molar-refractivity contribution in [2.24, 2.45) is 0 Å². The van der Waals surface area contributed by atoms with Gasteiger partial charge >= 0.3 is 5.97 Å². The number of carbonyl (C=O) groups excluding carboxylic acids is 3. The molecule has 0 fully saturated rings. The minimum absolute atomic E-state index is 0.147. The third-order valence-electron chi connectivity index (χ3n) is 3.48. The topological polar surface area (TPSA) is 72.5 Å². The molecule has 2 amide bonds. The van der Waals surface area contributed by atoms with E-state index in [1.807, 2.05) is 24.3 Å². The Balaban J connectivity index is 1.90. The number of nitrogens with one attached hydrogen (secondary N) is 1. The molecule has 1 heterocycles. The molecule has 22 heavy (non-hydrogen) atoms. The first kappa shape index (κ1) is 15.9. The lowest BCUT2D eigenvalue weighted by molar-refractivity contribution is -0.144. The van der Waals surface area contributed by atoms with Crippen molar-refractivity contribution in [3.8, 4) is 0 Å². The Morgan fingerprint density at radius 1 is 1.18 bits per heavy atom. The summed E-state index contributed by atoms with van der Waals surface area (Å²) in [7, 11) is 0. The second-order valence-corrected chi connectivity index (χ2v) is 5.20. The molecule has 1 aromatic rings. The van der Waals surface area contributed by atoms with Crippen molar-refractivity contribution in [3.63, 3.8) is 0 Å². The van der Waals surface area contributed by atoms with E-state index in [1.165, 1.54) is 5.56 Å². The first-order chi connectivity index (χ1) is 10.6. The zero-order chi connectivity index (χ0) is 15.9. The number of aryl methyl sites for hydroxylation is 1. The highest BCUT2D eigenvalue weighted by atomic mass is 16.5. The van der Waals surface area contributed by atoms with E-state index in [9.17, 15) is 14.4 Å². The summed E-state index contributed by atoms with van der Waals surface area (Å²) >= 11 is 0. The number of ether oxygens (including phenoxy) is 1. The molecule has 1 N–H and O–H groups in total. The summed E-state index contributed by atoms with van der Waals surface area (Å²) in [5.74, 6) is -1.52. The standard InChI is InChI=1S/C17H19NO4/c1-2-3-6-12-7-4-5-8-13(12)11-22-16(20)10-14-9-15(19)18-17(14)21/h4-5,7-9H,2-3,6,10-11H2,1H3,(H,18,19,21). The second kappa shape index (κ2) is 7.54. The van der Waals surface area contributed by atoms with E-state index in [0.717, 1.165) is 30.9 Å². The average molecular weight is 301 g/mol. The van der Waals surface area contributed by atoms with E-state index in [2.05, 4.69) is 12.2 Å². The first-order valence-corrected chi connectivity index (χ1v) is 7.38. The normalized spacial score (nSPS) is 13.8. The van der Waals surface area contributed by atoms with Crippen molar-refractivity contribution in [2.75, 3.05) is 0 Å². The van der Waals surface area contributed by atoms with Gasteiger partial charge in [0.25, 0.3) is 11.8 Å². The maximum absolute atomic E-state index is 11.8. The fourth-order valence-electron chi connectivity index (χ4n) is 2.26.